The lowest BCUT2D eigenvalue weighted by molar-refractivity contribution is -0.126. The minimum Gasteiger partial charge on any atom is -0.361 e. The number of sulfonamides is 1. The van der Waals surface area contributed by atoms with Gasteiger partial charge in [0, 0.05) is 11.6 Å². The van der Waals surface area contributed by atoms with Crippen LogP contribution in [0.15, 0.2) is 53.4 Å². The summed E-state index contributed by atoms with van der Waals surface area (Å²) in [5.41, 5.74) is 1.48. The van der Waals surface area contributed by atoms with Crippen LogP contribution in [0.4, 0.5) is 5.69 Å². The van der Waals surface area contributed by atoms with Crippen molar-refractivity contribution in [2.75, 3.05) is 11.4 Å². The molecule has 2 aromatic carbocycles. The Morgan fingerprint density at radius 3 is 2.33 bits per heavy atom. The van der Waals surface area contributed by atoms with Crippen LogP contribution in [0, 0.1) is 32.6 Å². The van der Waals surface area contributed by atoms with Crippen molar-refractivity contribution in [3.8, 4) is 0 Å². The molecule has 0 radical (unpaired) electrons. The highest BCUT2D eigenvalue weighted by atomic mass is 35.5. The van der Waals surface area contributed by atoms with Crippen LogP contribution in [0.3, 0.4) is 0 Å². The number of rotatable bonds is 5. The van der Waals surface area contributed by atoms with Gasteiger partial charge in [0.05, 0.1) is 28.5 Å². The van der Waals surface area contributed by atoms with Crippen LogP contribution in [0.1, 0.15) is 16.7 Å². The highest BCUT2D eigenvalue weighted by Gasteiger charge is 2.67. The summed E-state index contributed by atoms with van der Waals surface area (Å²) in [6.07, 6.45) is 2.89. The molecule has 3 heterocycles. The van der Waals surface area contributed by atoms with Gasteiger partial charge in [-0.15, -0.1) is 0 Å². The first-order valence-corrected chi connectivity index (χ1v) is 12.5. The minimum absolute atomic E-state index is 0.149. The third-order valence-corrected chi connectivity index (χ3v) is 8.61. The number of nitrogens with zero attached hydrogens (tertiary/aromatic N) is 1. The molecule has 0 spiro atoms. The van der Waals surface area contributed by atoms with Crippen molar-refractivity contribution in [2.24, 2.45) is 11.8 Å². The molecule has 5 rings (SSSR count). The van der Waals surface area contributed by atoms with Gasteiger partial charge in [-0.1, -0.05) is 41.4 Å². The number of benzene rings is 2. The van der Waals surface area contributed by atoms with Crippen LogP contribution in [-0.2, 0) is 24.3 Å². The number of amides is 2. The molecule has 0 unspecified atom stereocenters. The van der Waals surface area contributed by atoms with Gasteiger partial charge < -0.3 is 4.74 Å². The average molecular weight is 487 g/mol. The lowest BCUT2D eigenvalue weighted by Gasteiger charge is -2.29. The Hall–Kier alpha value is -2.52. The van der Waals surface area contributed by atoms with Crippen LogP contribution in [0.5, 0.6) is 0 Å². The van der Waals surface area contributed by atoms with E-state index in [1.807, 2.05) is 19.1 Å². The Labute approximate surface area is 197 Å². The van der Waals surface area contributed by atoms with Crippen molar-refractivity contribution in [2.45, 2.75) is 37.4 Å². The quantitative estimate of drug-likeness (QED) is 0.518. The predicted octanol–water partition coefficient (Wildman–Crippen LogP) is 3.06. The fourth-order valence-electron chi connectivity index (χ4n) is 5.42. The van der Waals surface area contributed by atoms with Gasteiger partial charge in [0.2, 0.25) is 21.8 Å². The van der Waals surface area contributed by atoms with Gasteiger partial charge >= 0.3 is 0 Å². The standard InChI is InChI=1S/C24H23ClN2O5S/c1-13-10-14(2)21(15(3)11-13)33(30,31)26-12-24-9-8-18(32-24)19-20(24)23(29)27(22(19)28)17-6-4-16(25)5-7-17/h4-11,18-20,26H,12H2,1-3H3/t18-,19+,20-,24-/m1/s1. The van der Waals surface area contributed by atoms with E-state index in [0.717, 1.165) is 10.5 Å². The molecule has 2 bridgehead atoms. The number of carbonyl (C=O) groups excluding carboxylic acids is 2. The van der Waals surface area contributed by atoms with Crippen LogP contribution >= 0.6 is 11.6 Å². The summed E-state index contributed by atoms with van der Waals surface area (Å²) in [4.78, 5) is 28.0. The monoisotopic (exact) mass is 486 g/mol. The fraction of sp³-hybridized carbons (Fsp3) is 0.333. The van der Waals surface area contributed by atoms with Gasteiger partial charge in [-0.2, -0.15) is 0 Å². The molecule has 2 amide bonds. The second-order valence-electron chi connectivity index (χ2n) is 8.94. The Kier molecular flexibility index (Phi) is 5.06. The third-order valence-electron chi connectivity index (χ3n) is 6.65. The minimum atomic E-state index is -3.87. The van der Waals surface area contributed by atoms with Gasteiger partial charge in [0.1, 0.15) is 5.60 Å². The Bertz CT molecular complexity index is 1300. The van der Waals surface area contributed by atoms with Crippen molar-refractivity contribution in [1.29, 1.82) is 0 Å². The Morgan fingerprint density at radius 2 is 1.70 bits per heavy atom. The van der Waals surface area contributed by atoms with Crippen molar-refractivity contribution in [1.82, 2.24) is 4.72 Å². The van der Waals surface area contributed by atoms with Crippen molar-refractivity contribution < 1.29 is 22.7 Å². The molecule has 33 heavy (non-hydrogen) atoms. The SMILES string of the molecule is Cc1cc(C)c(S(=O)(=O)NC[C@@]23C=C[C@@H](O2)[C@@H]2C(=O)N(c4ccc(Cl)cc4)C(=O)[C@@H]23)c(C)c1. The molecule has 172 valence electrons. The number of aryl methyl sites for hydroxylation is 3. The molecule has 2 saturated heterocycles. The van der Waals surface area contributed by atoms with Crippen LogP contribution in [-0.4, -0.2) is 38.5 Å². The highest BCUT2D eigenvalue weighted by Crippen LogP contribution is 2.52. The van der Waals surface area contributed by atoms with E-state index < -0.39 is 39.5 Å². The van der Waals surface area contributed by atoms with E-state index in [9.17, 15) is 18.0 Å². The van der Waals surface area contributed by atoms with E-state index in [1.54, 1.807) is 50.3 Å². The van der Waals surface area contributed by atoms with Gasteiger partial charge in [0.15, 0.2) is 0 Å². The average Bonchev–Trinajstić information content (AvgIpc) is 3.37. The molecular formula is C24H23ClN2O5S. The molecule has 2 fully saturated rings. The summed E-state index contributed by atoms with van der Waals surface area (Å²) in [7, 11) is -3.87. The summed E-state index contributed by atoms with van der Waals surface area (Å²) < 4.78 is 35.1. The maximum atomic E-state index is 13.4. The number of carbonyl (C=O) groups is 2. The van der Waals surface area contributed by atoms with E-state index in [2.05, 4.69) is 4.72 Å². The van der Waals surface area contributed by atoms with E-state index in [4.69, 9.17) is 16.3 Å². The molecule has 2 aromatic rings. The third kappa shape index (κ3) is 3.35. The number of hydrogen-bond donors (Lipinski definition) is 1. The molecule has 3 aliphatic rings. The molecule has 3 aliphatic heterocycles. The number of ether oxygens (including phenoxy) is 1. The van der Waals surface area contributed by atoms with Crippen molar-refractivity contribution in [3.63, 3.8) is 0 Å². The molecule has 4 atom stereocenters. The zero-order valence-electron chi connectivity index (χ0n) is 18.3. The van der Waals surface area contributed by atoms with Crippen LogP contribution in [0.2, 0.25) is 5.02 Å². The lowest BCUT2D eigenvalue weighted by atomic mass is 9.77. The summed E-state index contributed by atoms with van der Waals surface area (Å²) in [6.45, 7) is 5.27. The molecule has 1 N–H and O–H groups in total. The predicted molar refractivity (Wildman–Crippen MR) is 124 cm³/mol. The van der Waals surface area contributed by atoms with Crippen LogP contribution < -0.4 is 9.62 Å². The number of hydrogen-bond acceptors (Lipinski definition) is 5. The number of halogens is 1. The van der Waals surface area contributed by atoms with E-state index in [1.165, 1.54) is 0 Å². The molecule has 0 saturated carbocycles. The normalized spacial score (nSPS) is 28.1. The number of fused-ring (bicyclic) bond motifs is 5. The van der Waals surface area contributed by atoms with Gasteiger partial charge in [-0.25, -0.2) is 18.0 Å². The fourth-order valence-corrected chi connectivity index (χ4v) is 7.07. The first-order chi connectivity index (χ1) is 15.5. The van der Waals surface area contributed by atoms with E-state index in [-0.39, 0.29) is 17.3 Å². The smallest absolute Gasteiger partial charge is 0.241 e. The van der Waals surface area contributed by atoms with Gasteiger partial charge in [0.25, 0.3) is 0 Å². The maximum Gasteiger partial charge on any atom is 0.241 e. The Balaban J connectivity index is 1.44. The van der Waals surface area contributed by atoms with E-state index >= 15 is 0 Å². The second-order valence-corrected chi connectivity index (χ2v) is 11.1. The molecular weight excluding hydrogens is 464 g/mol. The first-order valence-electron chi connectivity index (χ1n) is 10.6. The number of imide groups is 1. The summed E-state index contributed by atoms with van der Waals surface area (Å²) in [5.74, 6) is -2.25. The van der Waals surface area contributed by atoms with Crippen LogP contribution in [0.25, 0.3) is 0 Å². The zero-order valence-corrected chi connectivity index (χ0v) is 19.9. The van der Waals surface area contributed by atoms with Crippen molar-refractivity contribution in [3.05, 3.63) is 70.3 Å². The summed E-state index contributed by atoms with van der Waals surface area (Å²) >= 11 is 5.95. The molecule has 9 heteroatoms. The highest BCUT2D eigenvalue weighted by molar-refractivity contribution is 7.89. The zero-order chi connectivity index (χ0) is 23.7. The van der Waals surface area contributed by atoms with Gasteiger partial charge in [-0.3, -0.25) is 9.59 Å². The number of anilines is 1. The van der Waals surface area contributed by atoms with E-state index in [0.29, 0.717) is 21.8 Å². The topological polar surface area (TPSA) is 92.8 Å². The Morgan fingerprint density at radius 1 is 1.06 bits per heavy atom. The second kappa shape index (κ2) is 7.50. The van der Waals surface area contributed by atoms with Gasteiger partial charge in [-0.05, 0) is 56.2 Å². The molecule has 7 nitrogen and oxygen atoms in total. The summed E-state index contributed by atoms with van der Waals surface area (Å²) in [6, 6.07) is 10.1. The van der Waals surface area contributed by atoms with Crippen molar-refractivity contribution >= 4 is 39.1 Å². The number of nitrogens with one attached hydrogen (secondary N) is 1. The molecule has 0 aliphatic carbocycles. The maximum absolute atomic E-state index is 13.4. The molecule has 0 aromatic heterocycles. The lowest BCUT2D eigenvalue weighted by Crippen LogP contribution is -2.49. The summed E-state index contributed by atoms with van der Waals surface area (Å²) in [5, 5.41) is 0.496. The largest absolute Gasteiger partial charge is 0.361 e. The first kappa shape index (κ1) is 22.3.